The number of hydrazone groups is 1. The zero-order valence-corrected chi connectivity index (χ0v) is 15.1. The monoisotopic (exact) mass is 368 g/mol. The third-order valence-electron chi connectivity index (χ3n) is 4.28. The molecule has 0 atom stereocenters. The second-order valence-electron chi connectivity index (χ2n) is 6.44. The van der Waals surface area contributed by atoms with E-state index in [2.05, 4.69) is 15.4 Å². The molecule has 0 spiro atoms. The maximum absolute atomic E-state index is 13.0. The number of nitrogens with one attached hydrogen (secondary N) is 1. The normalized spacial score (nSPS) is 14.1. The Morgan fingerprint density at radius 2 is 1.89 bits per heavy atom. The summed E-state index contributed by atoms with van der Waals surface area (Å²) in [6, 6.07) is 9.78. The Hall–Kier alpha value is -3.09. The molecule has 0 aliphatic carbocycles. The standard InChI is InChI=1S/C20H21FN4O2/c1-14-2-3-15(12-23-14)10-11-22-20(27)18-8-9-19(26)25(24-18)13-16-4-6-17(21)7-5-16/h2-7,12H,8-11,13H2,1H3,(H,22,27). The summed E-state index contributed by atoms with van der Waals surface area (Å²) in [5, 5.41) is 8.31. The van der Waals surface area contributed by atoms with Crippen molar-refractivity contribution in [3.63, 3.8) is 0 Å². The Morgan fingerprint density at radius 1 is 1.15 bits per heavy atom. The van der Waals surface area contributed by atoms with Gasteiger partial charge in [0.1, 0.15) is 11.5 Å². The van der Waals surface area contributed by atoms with Crippen LogP contribution < -0.4 is 5.32 Å². The van der Waals surface area contributed by atoms with Gasteiger partial charge in [-0.15, -0.1) is 0 Å². The van der Waals surface area contributed by atoms with Gasteiger partial charge in [0.15, 0.2) is 0 Å². The molecule has 6 nitrogen and oxygen atoms in total. The Balaban J connectivity index is 1.57. The van der Waals surface area contributed by atoms with Gasteiger partial charge >= 0.3 is 0 Å². The fourth-order valence-corrected chi connectivity index (χ4v) is 2.72. The second kappa shape index (κ2) is 8.53. The molecule has 0 radical (unpaired) electrons. The maximum Gasteiger partial charge on any atom is 0.267 e. The molecule has 0 fully saturated rings. The quantitative estimate of drug-likeness (QED) is 0.851. The predicted molar refractivity (Wildman–Crippen MR) is 99.3 cm³/mol. The Bertz CT molecular complexity index is 847. The minimum Gasteiger partial charge on any atom is -0.351 e. The number of aromatic nitrogens is 1. The molecule has 27 heavy (non-hydrogen) atoms. The van der Waals surface area contributed by atoms with Gasteiger partial charge < -0.3 is 5.32 Å². The number of carbonyl (C=O) groups excluding carboxylic acids is 2. The molecule has 0 unspecified atom stereocenters. The van der Waals surface area contributed by atoms with Gasteiger partial charge in [0, 0.05) is 31.3 Å². The maximum atomic E-state index is 13.0. The van der Waals surface area contributed by atoms with E-state index < -0.39 is 0 Å². The summed E-state index contributed by atoms with van der Waals surface area (Å²) in [7, 11) is 0. The molecular formula is C20H21FN4O2. The van der Waals surface area contributed by atoms with Crippen LogP contribution in [0.1, 0.15) is 29.7 Å². The summed E-state index contributed by atoms with van der Waals surface area (Å²) in [5.41, 5.74) is 3.07. The largest absolute Gasteiger partial charge is 0.351 e. The molecule has 2 aromatic rings. The number of rotatable bonds is 6. The summed E-state index contributed by atoms with van der Waals surface area (Å²) >= 11 is 0. The van der Waals surface area contributed by atoms with Gasteiger partial charge in [0.2, 0.25) is 5.91 Å². The van der Waals surface area contributed by atoms with E-state index >= 15 is 0 Å². The first-order valence-corrected chi connectivity index (χ1v) is 8.83. The molecule has 1 aliphatic heterocycles. The molecule has 7 heteroatoms. The summed E-state index contributed by atoms with van der Waals surface area (Å²) in [5.74, 6) is -0.760. The lowest BCUT2D eigenvalue weighted by atomic mass is 10.1. The number of halogens is 1. The molecule has 0 bridgehead atoms. The van der Waals surface area contributed by atoms with Crippen LogP contribution in [-0.4, -0.2) is 34.1 Å². The predicted octanol–water partition coefficient (Wildman–Crippen LogP) is 2.37. The average Bonchev–Trinajstić information content (AvgIpc) is 2.67. The molecule has 140 valence electrons. The van der Waals surface area contributed by atoms with E-state index in [-0.39, 0.29) is 30.6 Å². The van der Waals surface area contributed by atoms with Crippen molar-refractivity contribution in [2.24, 2.45) is 5.10 Å². The highest BCUT2D eigenvalue weighted by Crippen LogP contribution is 2.14. The number of benzene rings is 1. The van der Waals surface area contributed by atoms with Crippen LogP contribution in [0.2, 0.25) is 0 Å². The number of nitrogens with zero attached hydrogens (tertiary/aromatic N) is 3. The molecule has 1 aromatic carbocycles. The van der Waals surface area contributed by atoms with E-state index in [0.717, 1.165) is 16.8 Å². The molecule has 0 saturated heterocycles. The SMILES string of the molecule is Cc1ccc(CCNC(=O)C2=NN(Cc3ccc(F)cc3)C(=O)CC2)cn1. The zero-order valence-electron chi connectivity index (χ0n) is 15.1. The number of amides is 2. The van der Waals surface area contributed by atoms with Crippen LogP contribution in [0.15, 0.2) is 47.7 Å². The van der Waals surface area contributed by atoms with E-state index in [9.17, 15) is 14.0 Å². The second-order valence-corrected chi connectivity index (χ2v) is 6.44. The highest BCUT2D eigenvalue weighted by molar-refractivity contribution is 6.39. The fraction of sp³-hybridized carbons (Fsp3) is 0.300. The van der Waals surface area contributed by atoms with Crippen LogP contribution in [0.25, 0.3) is 0 Å². The number of carbonyl (C=O) groups is 2. The van der Waals surface area contributed by atoms with Crippen molar-refractivity contribution in [1.29, 1.82) is 0 Å². The van der Waals surface area contributed by atoms with Crippen molar-refractivity contribution in [2.45, 2.75) is 32.7 Å². The molecular weight excluding hydrogens is 347 g/mol. The summed E-state index contributed by atoms with van der Waals surface area (Å²) < 4.78 is 13.0. The number of pyridine rings is 1. The van der Waals surface area contributed by atoms with Crippen LogP contribution in [-0.2, 0) is 22.6 Å². The van der Waals surface area contributed by atoms with Gasteiger partial charge in [-0.2, -0.15) is 5.10 Å². The van der Waals surface area contributed by atoms with Crippen molar-refractivity contribution in [1.82, 2.24) is 15.3 Å². The first kappa shape index (κ1) is 18.7. The van der Waals surface area contributed by atoms with Crippen molar-refractivity contribution in [3.05, 3.63) is 65.2 Å². The lowest BCUT2D eigenvalue weighted by molar-refractivity contribution is -0.132. The molecule has 3 rings (SSSR count). The summed E-state index contributed by atoms with van der Waals surface area (Å²) in [6.45, 7) is 2.60. The minimum atomic E-state index is -0.337. The molecule has 2 amide bonds. The number of hydrogen-bond donors (Lipinski definition) is 1. The van der Waals surface area contributed by atoms with Crippen LogP contribution in [0, 0.1) is 12.7 Å². The van der Waals surface area contributed by atoms with E-state index in [4.69, 9.17) is 0 Å². The van der Waals surface area contributed by atoms with Gasteiger partial charge in [-0.05, 0) is 42.7 Å². The molecule has 0 saturated carbocycles. The van der Waals surface area contributed by atoms with Crippen molar-refractivity contribution in [2.75, 3.05) is 6.54 Å². The average molecular weight is 368 g/mol. The van der Waals surface area contributed by atoms with Crippen LogP contribution in [0.4, 0.5) is 4.39 Å². The minimum absolute atomic E-state index is 0.151. The highest BCUT2D eigenvalue weighted by atomic mass is 19.1. The smallest absolute Gasteiger partial charge is 0.267 e. The first-order chi connectivity index (χ1) is 13.0. The number of aryl methyl sites for hydroxylation is 1. The third-order valence-corrected chi connectivity index (χ3v) is 4.28. The van der Waals surface area contributed by atoms with Crippen molar-refractivity contribution < 1.29 is 14.0 Å². The number of hydrogen-bond acceptors (Lipinski definition) is 4. The van der Waals surface area contributed by atoms with Gasteiger partial charge in [0.25, 0.3) is 5.91 Å². The lowest BCUT2D eigenvalue weighted by Gasteiger charge is -2.23. The van der Waals surface area contributed by atoms with E-state index in [1.165, 1.54) is 17.1 Å². The summed E-state index contributed by atoms with van der Waals surface area (Å²) in [6.07, 6.45) is 3.01. The van der Waals surface area contributed by atoms with Crippen LogP contribution in [0.3, 0.4) is 0 Å². The Morgan fingerprint density at radius 3 is 2.59 bits per heavy atom. The summed E-state index contributed by atoms with van der Waals surface area (Å²) in [4.78, 5) is 28.6. The van der Waals surface area contributed by atoms with Gasteiger partial charge in [-0.3, -0.25) is 14.6 Å². The van der Waals surface area contributed by atoms with Gasteiger partial charge in [-0.1, -0.05) is 18.2 Å². The topological polar surface area (TPSA) is 74.7 Å². The zero-order chi connectivity index (χ0) is 19.2. The Kier molecular flexibility index (Phi) is 5.90. The molecule has 2 heterocycles. The van der Waals surface area contributed by atoms with Gasteiger partial charge in [-0.25, -0.2) is 9.40 Å². The fourth-order valence-electron chi connectivity index (χ4n) is 2.72. The first-order valence-electron chi connectivity index (χ1n) is 8.83. The van der Waals surface area contributed by atoms with Gasteiger partial charge in [0.05, 0.1) is 6.54 Å². The van der Waals surface area contributed by atoms with E-state index in [1.807, 2.05) is 19.1 Å². The van der Waals surface area contributed by atoms with Crippen LogP contribution in [0.5, 0.6) is 0 Å². The van der Waals surface area contributed by atoms with Crippen molar-refractivity contribution in [3.8, 4) is 0 Å². The van der Waals surface area contributed by atoms with E-state index in [1.54, 1.807) is 18.3 Å². The third kappa shape index (κ3) is 5.20. The molecule has 1 aliphatic rings. The van der Waals surface area contributed by atoms with Crippen LogP contribution >= 0.6 is 0 Å². The highest BCUT2D eigenvalue weighted by Gasteiger charge is 2.24. The van der Waals surface area contributed by atoms with Crippen molar-refractivity contribution >= 4 is 17.5 Å². The lowest BCUT2D eigenvalue weighted by Crippen LogP contribution is -2.39. The Labute approximate surface area is 157 Å². The van der Waals surface area contributed by atoms with E-state index in [0.29, 0.717) is 25.1 Å². The molecule has 1 aromatic heterocycles. The molecule has 1 N–H and O–H groups in total.